The molecule has 5 nitrogen and oxygen atoms in total. The maximum atomic E-state index is 7.90. The molecule has 3 N–H and O–H groups in total. The number of nitrogens with one attached hydrogen (secondary N) is 1. The third-order valence-electron chi connectivity index (χ3n) is 3.74. The number of rotatable bonds is 7. The lowest BCUT2D eigenvalue weighted by atomic mass is 10.0. The lowest BCUT2D eigenvalue weighted by Gasteiger charge is -2.25. The van der Waals surface area contributed by atoms with Gasteiger partial charge in [0.05, 0.1) is 11.3 Å². The van der Waals surface area contributed by atoms with Gasteiger partial charge in [-0.3, -0.25) is 5.41 Å². The number of aryl methyl sites for hydroxylation is 1. The summed E-state index contributed by atoms with van der Waals surface area (Å²) in [4.78, 5) is 2.07. The summed E-state index contributed by atoms with van der Waals surface area (Å²) in [5, 5.41) is 16.5. The minimum absolute atomic E-state index is 0.0810. The van der Waals surface area contributed by atoms with Crippen molar-refractivity contribution < 1.29 is 0 Å². The Kier molecular flexibility index (Phi) is 5.92. The van der Waals surface area contributed by atoms with Crippen LogP contribution in [-0.2, 0) is 12.8 Å². The second-order valence-electron chi connectivity index (χ2n) is 5.34. The van der Waals surface area contributed by atoms with Gasteiger partial charge >= 0.3 is 0 Å². The molecule has 0 amide bonds. The van der Waals surface area contributed by atoms with Gasteiger partial charge in [0.1, 0.15) is 5.84 Å². The SMILES string of the molecule is CCc1nnc(N(C)CC(C)CC)c(C(=N)N)c1CC. The molecule has 1 rings (SSSR count). The van der Waals surface area contributed by atoms with Crippen molar-refractivity contribution in [2.75, 3.05) is 18.5 Å². The molecule has 1 aromatic rings. The fourth-order valence-electron chi connectivity index (χ4n) is 2.40. The first-order valence-corrected chi connectivity index (χ1v) is 7.40. The van der Waals surface area contributed by atoms with Crippen molar-refractivity contribution in [1.82, 2.24) is 10.2 Å². The highest BCUT2D eigenvalue weighted by molar-refractivity contribution is 6.01. The minimum Gasteiger partial charge on any atom is -0.384 e. The summed E-state index contributed by atoms with van der Waals surface area (Å²) in [6.45, 7) is 9.39. The number of nitrogens with two attached hydrogens (primary N) is 1. The van der Waals surface area contributed by atoms with Crippen LogP contribution in [0.15, 0.2) is 0 Å². The smallest absolute Gasteiger partial charge is 0.162 e. The lowest BCUT2D eigenvalue weighted by Crippen LogP contribution is -2.29. The Morgan fingerprint density at radius 3 is 2.35 bits per heavy atom. The Hall–Kier alpha value is -1.65. The molecule has 112 valence electrons. The van der Waals surface area contributed by atoms with Crippen LogP contribution in [0.1, 0.15) is 50.9 Å². The van der Waals surface area contributed by atoms with Gasteiger partial charge in [-0.25, -0.2) is 0 Å². The molecule has 0 spiro atoms. The zero-order valence-corrected chi connectivity index (χ0v) is 13.3. The molecule has 0 saturated carbocycles. The molecule has 1 unspecified atom stereocenters. The number of hydrogen-bond acceptors (Lipinski definition) is 4. The van der Waals surface area contributed by atoms with Crippen molar-refractivity contribution in [3.05, 3.63) is 16.8 Å². The number of amidine groups is 1. The van der Waals surface area contributed by atoms with E-state index in [0.717, 1.165) is 48.4 Å². The predicted molar refractivity (Wildman–Crippen MR) is 84.5 cm³/mol. The average molecular weight is 277 g/mol. The van der Waals surface area contributed by atoms with Crippen LogP contribution in [0.3, 0.4) is 0 Å². The molecule has 20 heavy (non-hydrogen) atoms. The second-order valence-corrected chi connectivity index (χ2v) is 5.34. The molecule has 0 aliphatic heterocycles. The van der Waals surface area contributed by atoms with E-state index in [1.54, 1.807) is 0 Å². The highest BCUT2D eigenvalue weighted by Crippen LogP contribution is 2.23. The third-order valence-corrected chi connectivity index (χ3v) is 3.74. The van der Waals surface area contributed by atoms with Gasteiger partial charge in [-0.2, -0.15) is 5.10 Å². The lowest BCUT2D eigenvalue weighted by molar-refractivity contribution is 0.556. The Morgan fingerprint density at radius 1 is 1.25 bits per heavy atom. The highest BCUT2D eigenvalue weighted by Gasteiger charge is 2.20. The van der Waals surface area contributed by atoms with Crippen LogP contribution in [0.25, 0.3) is 0 Å². The summed E-state index contributed by atoms with van der Waals surface area (Å²) in [5.74, 6) is 1.38. The summed E-state index contributed by atoms with van der Waals surface area (Å²) in [6.07, 6.45) is 2.74. The van der Waals surface area contributed by atoms with Gasteiger partial charge in [-0.05, 0) is 24.3 Å². The van der Waals surface area contributed by atoms with Gasteiger partial charge in [0.15, 0.2) is 5.82 Å². The fourth-order valence-corrected chi connectivity index (χ4v) is 2.40. The van der Waals surface area contributed by atoms with Crippen LogP contribution in [0.2, 0.25) is 0 Å². The molecule has 0 saturated heterocycles. The molecular formula is C15H27N5. The first-order valence-electron chi connectivity index (χ1n) is 7.40. The molecule has 0 aliphatic rings. The van der Waals surface area contributed by atoms with Crippen LogP contribution in [0, 0.1) is 11.3 Å². The zero-order valence-electron chi connectivity index (χ0n) is 13.3. The van der Waals surface area contributed by atoms with Gasteiger partial charge in [-0.15, -0.1) is 5.10 Å². The molecule has 1 heterocycles. The molecule has 0 aromatic carbocycles. The molecule has 1 aromatic heterocycles. The summed E-state index contributed by atoms with van der Waals surface area (Å²) in [6, 6.07) is 0. The largest absolute Gasteiger partial charge is 0.384 e. The first kappa shape index (κ1) is 16.4. The van der Waals surface area contributed by atoms with Crippen molar-refractivity contribution in [3.63, 3.8) is 0 Å². The Bertz CT molecular complexity index is 470. The normalized spacial score (nSPS) is 12.2. The van der Waals surface area contributed by atoms with Crippen molar-refractivity contribution in [3.8, 4) is 0 Å². The predicted octanol–water partition coefficient (Wildman–Crippen LogP) is 2.37. The number of nitrogens with zero attached hydrogens (tertiary/aromatic N) is 3. The summed E-state index contributed by atoms with van der Waals surface area (Å²) >= 11 is 0. The standard InChI is InChI=1S/C15H27N5/c1-6-10(4)9-20(5)15-13(14(16)17)11(7-2)12(8-3)18-19-15/h10H,6-9H2,1-5H3,(H3,16,17). The quantitative estimate of drug-likeness (QED) is 0.592. The van der Waals surface area contributed by atoms with E-state index in [9.17, 15) is 0 Å². The van der Waals surface area contributed by atoms with E-state index in [1.165, 1.54) is 0 Å². The maximum Gasteiger partial charge on any atom is 0.162 e. The van der Waals surface area contributed by atoms with E-state index < -0.39 is 0 Å². The van der Waals surface area contributed by atoms with Crippen molar-refractivity contribution >= 4 is 11.7 Å². The van der Waals surface area contributed by atoms with E-state index in [4.69, 9.17) is 11.1 Å². The van der Waals surface area contributed by atoms with Gasteiger partial charge in [-0.1, -0.05) is 34.1 Å². The van der Waals surface area contributed by atoms with Crippen LogP contribution >= 0.6 is 0 Å². The number of aromatic nitrogens is 2. The number of nitrogen functional groups attached to an aromatic ring is 1. The third kappa shape index (κ3) is 3.46. The van der Waals surface area contributed by atoms with Crippen LogP contribution < -0.4 is 10.6 Å². The van der Waals surface area contributed by atoms with E-state index in [1.807, 2.05) is 7.05 Å². The Morgan fingerprint density at radius 2 is 1.90 bits per heavy atom. The highest BCUT2D eigenvalue weighted by atomic mass is 15.3. The number of anilines is 1. The van der Waals surface area contributed by atoms with E-state index in [0.29, 0.717) is 5.92 Å². The molecule has 0 radical (unpaired) electrons. The Balaban J connectivity index is 3.29. The number of hydrogen-bond donors (Lipinski definition) is 2. The Labute approximate surface area is 122 Å². The molecular weight excluding hydrogens is 250 g/mol. The van der Waals surface area contributed by atoms with Gasteiger partial charge in [0, 0.05) is 13.6 Å². The molecule has 0 bridgehead atoms. The van der Waals surface area contributed by atoms with E-state index >= 15 is 0 Å². The first-order chi connectivity index (χ1) is 9.46. The van der Waals surface area contributed by atoms with E-state index in [2.05, 4.69) is 42.8 Å². The van der Waals surface area contributed by atoms with Crippen molar-refractivity contribution in [2.24, 2.45) is 11.7 Å². The topological polar surface area (TPSA) is 78.9 Å². The molecule has 0 fully saturated rings. The second kappa shape index (κ2) is 7.22. The van der Waals surface area contributed by atoms with Crippen molar-refractivity contribution in [1.29, 1.82) is 5.41 Å². The summed E-state index contributed by atoms with van der Waals surface area (Å²) < 4.78 is 0. The minimum atomic E-state index is 0.0810. The van der Waals surface area contributed by atoms with E-state index in [-0.39, 0.29) is 5.84 Å². The molecule has 0 aliphatic carbocycles. The van der Waals surface area contributed by atoms with Crippen LogP contribution in [0.5, 0.6) is 0 Å². The maximum absolute atomic E-state index is 7.90. The monoisotopic (exact) mass is 277 g/mol. The zero-order chi connectivity index (χ0) is 15.3. The fraction of sp³-hybridized carbons (Fsp3) is 0.667. The van der Waals surface area contributed by atoms with Gasteiger partial charge in [0.25, 0.3) is 0 Å². The summed E-state index contributed by atoms with van der Waals surface area (Å²) in [7, 11) is 1.99. The average Bonchev–Trinajstić information content (AvgIpc) is 2.44. The van der Waals surface area contributed by atoms with Gasteiger partial charge in [0.2, 0.25) is 0 Å². The van der Waals surface area contributed by atoms with Crippen LogP contribution in [-0.4, -0.2) is 29.6 Å². The van der Waals surface area contributed by atoms with Gasteiger partial charge < -0.3 is 10.6 Å². The molecule has 5 heteroatoms. The van der Waals surface area contributed by atoms with Crippen LogP contribution in [0.4, 0.5) is 5.82 Å². The van der Waals surface area contributed by atoms with Crippen molar-refractivity contribution in [2.45, 2.75) is 47.0 Å². The molecule has 1 atom stereocenters. The summed E-state index contributed by atoms with van der Waals surface area (Å²) in [5.41, 5.74) is 8.56.